The van der Waals surface area contributed by atoms with Crippen molar-refractivity contribution in [2.75, 3.05) is 0 Å². The van der Waals surface area contributed by atoms with Gasteiger partial charge in [0.2, 0.25) is 11.9 Å². The Morgan fingerprint density at radius 1 is 1.00 bits per heavy atom. The molecule has 0 N–H and O–H groups in total. The minimum absolute atomic E-state index is 0.133. The van der Waals surface area contributed by atoms with Gasteiger partial charge in [-0.25, -0.2) is 0 Å². The van der Waals surface area contributed by atoms with Gasteiger partial charge in [0.05, 0.1) is 13.2 Å². The van der Waals surface area contributed by atoms with Gasteiger partial charge in [0.25, 0.3) is 0 Å². The highest BCUT2D eigenvalue weighted by Crippen LogP contribution is 2.46. The Kier molecular flexibility index (Phi) is 6.11. The molecule has 28 heavy (non-hydrogen) atoms. The predicted octanol–water partition coefficient (Wildman–Crippen LogP) is 5.26. The summed E-state index contributed by atoms with van der Waals surface area (Å²) < 4.78 is 25.2. The van der Waals surface area contributed by atoms with Gasteiger partial charge in [-0.05, 0) is 24.0 Å². The van der Waals surface area contributed by atoms with Crippen LogP contribution in [-0.4, -0.2) is 23.2 Å². The van der Waals surface area contributed by atoms with Crippen molar-refractivity contribution in [3.8, 4) is 0 Å². The summed E-state index contributed by atoms with van der Waals surface area (Å²) in [4.78, 5) is 0. The Balaban J connectivity index is 1.60. The van der Waals surface area contributed by atoms with E-state index in [0.717, 1.165) is 28.5 Å². The topological polar surface area (TPSA) is 36.9 Å². The Bertz CT molecular complexity index is 799. The minimum Gasteiger partial charge on any atom is -0.449 e. The molecule has 1 heterocycles. The second-order valence-electron chi connectivity index (χ2n) is 6.81. The summed E-state index contributed by atoms with van der Waals surface area (Å²) in [7, 11) is 0. The van der Waals surface area contributed by atoms with Crippen molar-refractivity contribution in [1.82, 2.24) is 0 Å². The molecule has 0 bridgehead atoms. The number of benzene rings is 2. The third-order valence-corrected chi connectivity index (χ3v) is 6.06. The maximum Gasteiger partial charge on any atom is 0.353 e. The monoisotopic (exact) mass is 460 g/mol. The van der Waals surface area contributed by atoms with Crippen LogP contribution in [-0.2, 0) is 32.2 Å². The normalized spacial score (nSPS) is 23.7. The Morgan fingerprint density at radius 2 is 1.57 bits per heavy atom. The molecular formula is C22H21BrO4S. The molecule has 6 heteroatoms. The average molecular weight is 461 g/mol. The third kappa shape index (κ3) is 4.01. The van der Waals surface area contributed by atoms with Crippen molar-refractivity contribution in [1.29, 1.82) is 0 Å². The molecule has 4 nitrogen and oxygen atoms in total. The van der Waals surface area contributed by atoms with Crippen molar-refractivity contribution in [2.45, 2.75) is 44.1 Å². The molecule has 2 aliphatic rings. The first-order valence-electron chi connectivity index (χ1n) is 9.25. The molecule has 0 spiro atoms. The van der Waals surface area contributed by atoms with Crippen LogP contribution in [0.4, 0.5) is 0 Å². The van der Waals surface area contributed by atoms with Gasteiger partial charge in [0.15, 0.2) is 6.10 Å². The van der Waals surface area contributed by atoms with Crippen LogP contribution >= 0.6 is 28.1 Å². The molecule has 1 fully saturated rings. The number of fused-ring (bicyclic) bond motifs is 1. The number of hydrogen-bond acceptors (Lipinski definition) is 5. The number of halogens is 1. The molecule has 0 unspecified atom stereocenters. The highest BCUT2D eigenvalue weighted by Gasteiger charge is 2.60. The van der Waals surface area contributed by atoms with Crippen molar-refractivity contribution >= 4 is 33.4 Å². The fourth-order valence-electron chi connectivity index (χ4n) is 3.53. The summed E-state index contributed by atoms with van der Waals surface area (Å²) in [6, 6.07) is 20.0. The lowest BCUT2D eigenvalue weighted by Crippen LogP contribution is -2.54. The van der Waals surface area contributed by atoms with Crippen LogP contribution in [0, 0.1) is 0 Å². The Morgan fingerprint density at radius 3 is 2.14 bits per heavy atom. The van der Waals surface area contributed by atoms with Crippen LogP contribution in [0.3, 0.4) is 0 Å². The molecular weight excluding hydrogens is 440 g/mol. The Hall–Kier alpha value is -1.73. The summed E-state index contributed by atoms with van der Waals surface area (Å²) in [6.45, 7) is 0.788. The van der Waals surface area contributed by atoms with Crippen molar-refractivity contribution in [3.63, 3.8) is 0 Å². The standard InChI is InChI=1S/C22H21BrO4S/c23-18-12-7-13-19-22(18,27-21(28)26-19)20(24-14-16-8-3-1-4-9-16)25-15-17-10-5-2-6-11-17/h1-6,8-12,19-20H,7,13-15H2/t19-,22+/m1/s1. The van der Waals surface area contributed by atoms with Crippen LogP contribution in [0.1, 0.15) is 24.0 Å². The van der Waals surface area contributed by atoms with Crippen LogP contribution in [0.5, 0.6) is 0 Å². The van der Waals surface area contributed by atoms with Gasteiger partial charge in [0, 0.05) is 16.7 Å². The fourth-order valence-corrected chi connectivity index (χ4v) is 4.53. The first kappa shape index (κ1) is 19.6. The lowest BCUT2D eigenvalue weighted by atomic mass is 9.87. The maximum atomic E-state index is 6.26. The van der Waals surface area contributed by atoms with Gasteiger partial charge >= 0.3 is 5.24 Å². The first-order chi connectivity index (χ1) is 13.7. The number of ether oxygens (including phenoxy) is 4. The second kappa shape index (κ2) is 8.74. The molecule has 0 radical (unpaired) electrons. The Labute approximate surface area is 178 Å². The van der Waals surface area contributed by atoms with E-state index < -0.39 is 11.9 Å². The zero-order valence-corrected chi connectivity index (χ0v) is 17.7. The van der Waals surface area contributed by atoms with E-state index in [1.165, 1.54) is 0 Å². The van der Waals surface area contributed by atoms with E-state index in [-0.39, 0.29) is 11.3 Å². The van der Waals surface area contributed by atoms with Gasteiger partial charge in [-0.3, -0.25) is 0 Å². The van der Waals surface area contributed by atoms with Gasteiger partial charge in [-0.1, -0.05) is 82.7 Å². The molecule has 2 aromatic carbocycles. The molecule has 2 aromatic rings. The predicted molar refractivity (Wildman–Crippen MR) is 114 cm³/mol. The van der Waals surface area contributed by atoms with E-state index in [2.05, 4.69) is 22.0 Å². The summed E-state index contributed by atoms with van der Waals surface area (Å²) in [5, 5.41) is 0.133. The molecule has 146 valence electrons. The molecule has 1 saturated heterocycles. The molecule has 0 saturated carbocycles. The number of rotatable bonds is 7. The highest BCUT2D eigenvalue weighted by molar-refractivity contribution is 9.11. The zero-order valence-electron chi connectivity index (χ0n) is 15.3. The van der Waals surface area contributed by atoms with Gasteiger partial charge in [-0.15, -0.1) is 0 Å². The van der Waals surface area contributed by atoms with Crippen LogP contribution in [0.25, 0.3) is 0 Å². The van der Waals surface area contributed by atoms with Crippen molar-refractivity contribution < 1.29 is 18.9 Å². The van der Waals surface area contributed by atoms with Crippen LogP contribution in [0.2, 0.25) is 0 Å². The lowest BCUT2D eigenvalue weighted by molar-refractivity contribution is -0.233. The second-order valence-corrected chi connectivity index (χ2v) is 7.99. The summed E-state index contributed by atoms with van der Waals surface area (Å²) in [6.07, 6.45) is 2.80. The van der Waals surface area contributed by atoms with Gasteiger partial charge < -0.3 is 18.9 Å². The number of allylic oxidation sites excluding steroid dienone is 1. The lowest BCUT2D eigenvalue weighted by Gasteiger charge is -2.39. The summed E-state index contributed by atoms with van der Waals surface area (Å²) in [5.74, 6) is 0. The van der Waals surface area contributed by atoms with E-state index in [1.807, 2.05) is 60.7 Å². The molecule has 1 aliphatic heterocycles. The molecule has 1 aliphatic carbocycles. The quantitative estimate of drug-likeness (QED) is 0.416. The molecule has 2 atom stereocenters. The number of hydrogen-bond donors (Lipinski definition) is 0. The smallest absolute Gasteiger partial charge is 0.353 e. The SMILES string of the molecule is S=C1O[C@@H]2CCC=C(Br)[C@]2(C(OCc2ccccc2)OCc2ccccc2)O1. The first-order valence-corrected chi connectivity index (χ1v) is 10.5. The molecule has 0 aromatic heterocycles. The molecule has 0 amide bonds. The van der Waals surface area contributed by atoms with Gasteiger partial charge in [-0.2, -0.15) is 0 Å². The van der Waals surface area contributed by atoms with E-state index in [4.69, 9.17) is 31.2 Å². The van der Waals surface area contributed by atoms with Crippen LogP contribution in [0.15, 0.2) is 71.2 Å². The molecule has 4 rings (SSSR count). The summed E-state index contributed by atoms with van der Waals surface area (Å²) in [5.41, 5.74) is 1.18. The van der Waals surface area contributed by atoms with Crippen LogP contribution < -0.4 is 0 Å². The number of thiocarbonyl (C=S) groups is 1. The largest absolute Gasteiger partial charge is 0.449 e. The average Bonchev–Trinajstić information content (AvgIpc) is 3.08. The van der Waals surface area contributed by atoms with Crippen molar-refractivity contribution in [3.05, 3.63) is 82.3 Å². The van der Waals surface area contributed by atoms with E-state index in [1.54, 1.807) is 0 Å². The van der Waals surface area contributed by atoms with Crippen molar-refractivity contribution in [2.24, 2.45) is 0 Å². The summed E-state index contributed by atoms with van der Waals surface area (Å²) >= 11 is 8.90. The maximum absolute atomic E-state index is 6.26. The van der Waals surface area contributed by atoms with E-state index in [0.29, 0.717) is 13.2 Å². The van der Waals surface area contributed by atoms with Gasteiger partial charge in [0.1, 0.15) is 0 Å². The third-order valence-electron chi connectivity index (χ3n) is 4.93. The fraction of sp³-hybridized carbons (Fsp3) is 0.318. The zero-order chi connectivity index (χ0) is 19.4. The van der Waals surface area contributed by atoms with E-state index in [9.17, 15) is 0 Å². The van der Waals surface area contributed by atoms with E-state index >= 15 is 0 Å². The highest BCUT2D eigenvalue weighted by atomic mass is 79.9. The minimum atomic E-state index is -0.932.